The molecule has 1 aromatic heterocycles. The molecule has 0 amide bonds. The average molecular weight is 290 g/mol. The number of nitrogens with two attached hydrogens (primary N) is 1. The first-order chi connectivity index (χ1) is 9.43. The third kappa shape index (κ3) is 2.65. The molecule has 1 aromatic carbocycles. The number of benzene rings is 1. The minimum Gasteiger partial charge on any atom is -0.409 e. The van der Waals surface area contributed by atoms with Crippen molar-refractivity contribution >= 4 is 17.6 Å². The maximum absolute atomic E-state index is 8.93. The molecule has 1 heterocycles. The van der Waals surface area contributed by atoms with Crippen molar-refractivity contribution in [3.63, 3.8) is 0 Å². The van der Waals surface area contributed by atoms with E-state index in [9.17, 15) is 0 Å². The van der Waals surface area contributed by atoms with E-state index in [1.54, 1.807) is 16.4 Å². The molecule has 2 aromatic rings. The van der Waals surface area contributed by atoms with Crippen LogP contribution in [-0.2, 0) is 7.05 Å². The van der Waals surface area contributed by atoms with E-state index in [2.05, 4.69) is 42.3 Å². The predicted octanol–water partition coefficient (Wildman–Crippen LogP) is 2.59. The standard InChI is InChI=1S/C14H18N4OS/c1-8-5-6-9(2)11(7-8)20-14-12(13(15)17-19)10(3)16-18(14)4/h5-7,19H,1-4H3,(H2,15,17). The molecule has 0 atom stereocenters. The van der Waals surface area contributed by atoms with Crippen LogP contribution >= 0.6 is 11.8 Å². The Morgan fingerprint density at radius 3 is 2.70 bits per heavy atom. The normalized spacial score (nSPS) is 11.9. The summed E-state index contributed by atoms with van der Waals surface area (Å²) in [6.07, 6.45) is 0. The summed E-state index contributed by atoms with van der Waals surface area (Å²) in [6, 6.07) is 6.29. The first-order valence-electron chi connectivity index (χ1n) is 6.20. The van der Waals surface area contributed by atoms with Crippen molar-refractivity contribution in [3.8, 4) is 0 Å². The van der Waals surface area contributed by atoms with Crippen LogP contribution in [0.5, 0.6) is 0 Å². The van der Waals surface area contributed by atoms with Crippen molar-refractivity contribution in [3.05, 3.63) is 40.6 Å². The first kappa shape index (κ1) is 14.5. The van der Waals surface area contributed by atoms with Crippen LogP contribution in [0.1, 0.15) is 22.4 Å². The molecule has 0 saturated heterocycles. The van der Waals surface area contributed by atoms with E-state index in [0.29, 0.717) is 5.56 Å². The molecule has 5 nitrogen and oxygen atoms in total. The number of aromatic nitrogens is 2. The van der Waals surface area contributed by atoms with E-state index in [-0.39, 0.29) is 5.84 Å². The molecular formula is C14H18N4OS. The molecule has 0 unspecified atom stereocenters. The predicted molar refractivity (Wildman–Crippen MR) is 80.5 cm³/mol. The van der Waals surface area contributed by atoms with Gasteiger partial charge >= 0.3 is 0 Å². The van der Waals surface area contributed by atoms with Crippen LogP contribution in [-0.4, -0.2) is 20.8 Å². The maximum atomic E-state index is 8.93. The zero-order valence-electron chi connectivity index (χ0n) is 12.0. The molecule has 0 radical (unpaired) electrons. The molecular weight excluding hydrogens is 272 g/mol. The molecule has 106 valence electrons. The summed E-state index contributed by atoms with van der Waals surface area (Å²) >= 11 is 1.57. The lowest BCUT2D eigenvalue weighted by molar-refractivity contribution is 0.318. The van der Waals surface area contributed by atoms with Gasteiger partial charge in [0.2, 0.25) is 0 Å². The van der Waals surface area contributed by atoms with Crippen LogP contribution < -0.4 is 5.73 Å². The Morgan fingerprint density at radius 2 is 2.05 bits per heavy atom. The Hall–Kier alpha value is -1.95. The van der Waals surface area contributed by atoms with Crippen molar-refractivity contribution in [2.24, 2.45) is 17.9 Å². The third-order valence-corrected chi connectivity index (χ3v) is 4.41. The Labute approximate surface area is 122 Å². The van der Waals surface area contributed by atoms with Crippen LogP contribution in [0.2, 0.25) is 0 Å². The maximum Gasteiger partial charge on any atom is 0.174 e. The highest BCUT2D eigenvalue weighted by atomic mass is 32.2. The van der Waals surface area contributed by atoms with Gasteiger partial charge in [0.1, 0.15) is 5.03 Å². The second kappa shape index (κ2) is 5.58. The van der Waals surface area contributed by atoms with Gasteiger partial charge in [-0.1, -0.05) is 29.1 Å². The minimum atomic E-state index is 0.0865. The molecule has 0 fully saturated rings. The van der Waals surface area contributed by atoms with Crippen LogP contribution in [0.4, 0.5) is 0 Å². The topological polar surface area (TPSA) is 76.4 Å². The molecule has 6 heteroatoms. The molecule has 0 spiro atoms. The monoisotopic (exact) mass is 290 g/mol. The lowest BCUT2D eigenvalue weighted by atomic mass is 10.2. The van der Waals surface area contributed by atoms with E-state index < -0.39 is 0 Å². The van der Waals surface area contributed by atoms with Crippen LogP contribution in [0.25, 0.3) is 0 Å². The summed E-state index contributed by atoms with van der Waals surface area (Å²) in [4.78, 5) is 1.14. The summed E-state index contributed by atoms with van der Waals surface area (Å²) < 4.78 is 1.76. The third-order valence-electron chi connectivity index (χ3n) is 3.08. The van der Waals surface area contributed by atoms with E-state index in [1.807, 2.05) is 14.0 Å². The lowest BCUT2D eigenvalue weighted by Crippen LogP contribution is -2.15. The van der Waals surface area contributed by atoms with Crippen LogP contribution in [0, 0.1) is 20.8 Å². The smallest absolute Gasteiger partial charge is 0.174 e. The van der Waals surface area contributed by atoms with Gasteiger partial charge in [-0.05, 0) is 38.0 Å². The fourth-order valence-electron chi connectivity index (χ4n) is 2.02. The SMILES string of the molecule is Cc1ccc(C)c(Sc2c(C(N)=NO)c(C)nn2C)c1. The molecule has 0 bridgehead atoms. The summed E-state index contributed by atoms with van der Waals surface area (Å²) in [6.45, 7) is 5.97. The highest BCUT2D eigenvalue weighted by Crippen LogP contribution is 2.34. The molecule has 0 aliphatic carbocycles. The minimum absolute atomic E-state index is 0.0865. The molecule has 0 aliphatic heterocycles. The zero-order valence-corrected chi connectivity index (χ0v) is 12.8. The van der Waals surface area contributed by atoms with Crippen molar-refractivity contribution in [1.82, 2.24) is 9.78 Å². The van der Waals surface area contributed by atoms with Gasteiger partial charge in [0.25, 0.3) is 0 Å². The second-order valence-electron chi connectivity index (χ2n) is 4.75. The van der Waals surface area contributed by atoms with Gasteiger partial charge in [0.15, 0.2) is 5.84 Å². The Kier molecular flexibility index (Phi) is 4.04. The number of amidine groups is 1. The van der Waals surface area contributed by atoms with Gasteiger partial charge in [-0.25, -0.2) is 0 Å². The molecule has 20 heavy (non-hydrogen) atoms. The summed E-state index contributed by atoms with van der Waals surface area (Å²) in [5.74, 6) is 0.0865. The van der Waals surface area contributed by atoms with Crippen molar-refractivity contribution < 1.29 is 5.21 Å². The second-order valence-corrected chi connectivity index (χ2v) is 5.78. The number of nitrogens with zero attached hydrogens (tertiary/aromatic N) is 3. The number of hydrogen-bond acceptors (Lipinski definition) is 4. The molecule has 0 aliphatic rings. The zero-order chi connectivity index (χ0) is 14.9. The number of hydrogen-bond donors (Lipinski definition) is 2. The quantitative estimate of drug-likeness (QED) is 0.394. The highest BCUT2D eigenvalue weighted by molar-refractivity contribution is 7.99. The average Bonchev–Trinajstić information content (AvgIpc) is 2.68. The van der Waals surface area contributed by atoms with Gasteiger partial charge in [0, 0.05) is 11.9 Å². The first-order valence-corrected chi connectivity index (χ1v) is 7.02. The van der Waals surface area contributed by atoms with Gasteiger partial charge in [-0.3, -0.25) is 4.68 Å². The van der Waals surface area contributed by atoms with Crippen LogP contribution in [0.3, 0.4) is 0 Å². The van der Waals surface area contributed by atoms with E-state index in [4.69, 9.17) is 10.9 Å². The van der Waals surface area contributed by atoms with E-state index >= 15 is 0 Å². The van der Waals surface area contributed by atoms with Gasteiger partial charge in [-0.15, -0.1) is 0 Å². The number of oxime groups is 1. The van der Waals surface area contributed by atoms with Crippen molar-refractivity contribution in [2.45, 2.75) is 30.7 Å². The fourth-order valence-corrected chi connectivity index (χ4v) is 3.23. The summed E-state index contributed by atoms with van der Waals surface area (Å²) in [7, 11) is 1.86. The fraction of sp³-hybridized carbons (Fsp3) is 0.286. The molecule has 2 rings (SSSR count). The Balaban J connectivity index is 2.51. The van der Waals surface area contributed by atoms with Gasteiger partial charge in [-0.2, -0.15) is 5.10 Å². The van der Waals surface area contributed by atoms with E-state index in [1.165, 1.54) is 11.1 Å². The van der Waals surface area contributed by atoms with E-state index in [0.717, 1.165) is 15.6 Å². The largest absolute Gasteiger partial charge is 0.409 e. The van der Waals surface area contributed by atoms with Crippen molar-refractivity contribution in [1.29, 1.82) is 0 Å². The Bertz CT molecular complexity index is 676. The summed E-state index contributed by atoms with van der Waals surface area (Å²) in [5, 5.41) is 17.3. The van der Waals surface area contributed by atoms with Gasteiger partial charge < -0.3 is 10.9 Å². The highest BCUT2D eigenvalue weighted by Gasteiger charge is 2.18. The Morgan fingerprint density at radius 1 is 1.35 bits per heavy atom. The molecule has 3 N–H and O–H groups in total. The molecule has 0 saturated carbocycles. The number of rotatable bonds is 3. The van der Waals surface area contributed by atoms with Crippen molar-refractivity contribution in [2.75, 3.05) is 0 Å². The van der Waals surface area contributed by atoms with Gasteiger partial charge in [0.05, 0.1) is 11.3 Å². The number of aryl methyl sites for hydroxylation is 4. The summed E-state index contributed by atoms with van der Waals surface area (Å²) in [5.41, 5.74) is 9.57. The van der Waals surface area contributed by atoms with Crippen LogP contribution in [0.15, 0.2) is 33.3 Å². The lowest BCUT2D eigenvalue weighted by Gasteiger charge is -2.09.